The van der Waals surface area contributed by atoms with E-state index < -0.39 is 28.0 Å². The lowest BCUT2D eigenvalue weighted by Crippen LogP contribution is -2.60. The number of carbonyl (C=O) groups excluding carboxylic acids is 3. The Hall–Kier alpha value is -1.73. The number of carbonyl (C=O) groups is 3. The maximum atomic E-state index is 13.2. The Labute approximate surface area is 240 Å². The molecule has 39 heavy (non-hydrogen) atoms. The van der Waals surface area contributed by atoms with Gasteiger partial charge in [-0.05, 0) is 81.1 Å². The average molecular weight is 552 g/mol. The van der Waals surface area contributed by atoms with Crippen molar-refractivity contribution in [2.75, 3.05) is 20.2 Å². The number of amides is 1. The van der Waals surface area contributed by atoms with Crippen LogP contribution in [0.1, 0.15) is 123 Å². The Morgan fingerprint density at radius 3 is 1.46 bits per heavy atom. The number of hydrogen-bond acceptors (Lipinski definition) is 6. The van der Waals surface area contributed by atoms with E-state index in [-0.39, 0.29) is 29.3 Å². The molecule has 0 unspecified atom stereocenters. The molecule has 0 aliphatic heterocycles. The minimum atomic E-state index is -0.686. The van der Waals surface area contributed by atoms with Gasteiger partial charge < -0.3 is 20.3 Å². The van der Waals surface area contributed by atoms with Gasteiger partial charge in [-0.2, -0.15) is 0 Å². The Kier molecular flexibility index (Phi) is 13.1. The van der Waals surface area contributed by atoms with E-state index in [1.54, 1.807) is 11.9 Å². The van der Waals surface area contributed by atoms with Crippen molar-refractivity contribution < 1.29 is 19.1 Å². The van der Waals surface area contributed by atoms with Crippen LogP contribution in [-0.2, 0) is 14.3 Å². The molecule has 0 aliphatic rings. The number of Topliss-reactive ketones (excluding diaryl/α,β-unsaturated/α-hetero) is 2. The number of ether oxygens (including phenoxy) is 1. The van der Waals surface area contributed by atoms with Crippen molar-refractivity contribution in [3.05, 3.63) is 12.2 Å². The third-order valence-electron chi connectivity index (χ3n) is 6.43. The molecule has 0 saturated carbocycles. The molecular formula is C32H61N3O4. The number of nitrogens with one attached hydrogen (secondary N) is 2. The molecule has 0 aliphatic carbocycles. The number of rotatable bonds is 13. The second-order valence-electron chi connectivity index (χ2n) is 15.7. The van der Waals surface area contributed by atoms with Crippen LogP contribution in [-0.4, -0.2) is 64.9 Å². The second-order valence-corrected chi connectivity index (χ2v) is 15.7. The fraction of sp³-hybridized carbons (Fsp3) is 0.844. The fourth-order valence-electron chi connectivity index (χ4n) is 5.32. The Bertz CT molecular complexity index is 853. The van der Waals surface area contributed by atoms with Gasteiger partial charge in [0.15, 0.2) is 11.6 Å². The van der Waals surface area contributed by atoms with E-state index in [1.807, 2.05) is 67.5 Å². The SMILES string of the molecule is CN(CCC[C@](C)(NC(C)(C)C)C(=O)C(C)(C)C)C(=O)OC/C=C/CC[C@@](C)(NC(C)(C)C)C(=O)C(C)(C)C. The smallest absolute Gasteiger partial charge is 0.409 e. The third-order valence-corrected chi connectivity index (χ3v) is 6.43. The summed E-state index contributed by atoms with van der Waals surface area (Å²) in [6.07, 6.45) is 6.03. The highest BCUT2D eigenvalue weighted by Gasteiger charge is 2.42. The van der Waals surface area contributed by atoms with Gasteiger partial charge in [-0.25, -0.2) is 4.79 Å². The van der Waals surface area contributed by atoms with Crippen molar-refractivity contribution in [1.82, 2.24) is 15.5 Å². The van der Waals surface area contributed by atoms with Crippen LogP contribution in [0, 0.1) is 10.8 Å². The zero-order valence-electron chi connectivity index (χ0n) is 28.0. The maximum absolute atomic E-state index is 13.2. The molecule has 2 N–H and O–H groups in total. The van der Waals surface area contributed by atoms with Crippen LogP contribution in [0.2, 0.25) is 0 Å². The predicted molar refractivity (Wildman–Crippen MR) is 163 cm³/mol. The van der Waals surface area contributed by atoms with Gasteiger partial charge in [0.05, 0.1) is 11.1 Å². The zero-order valence-corrected chi connectivity index (χ0v) is 28.0. The quantitative estimate of drug-likeness (QED) is 0.248. The van der Waals surface area contributed by atoms with E-state index in [0.29, 0.717) is 32.2 Å². The molecule has 7 heteroatoms. The van der Waals surface area contributed by atoms with Crippen LogP contribution in [0.4, 0.5) is 4.79 Å². The van der Waals surface area contributed by atoms with E-state index in [4.69, 9.17) is 4.74 Å². The van der Waals surface area contributed by atoms with Crippen molar-refractivity contribution in [1.29, 1.82) is 0 Å². The molecule has 0 spiro atoms. The van der Waals surface area contributed by atoms with Gasteiger partial charge in [0, 0.05) is 35.5 Å². The summed E-state index contributed by atoms with van der Waals surface area (Å²) in [5.41, 5.74) is -2.66. The first-order valence-electron chi connectivity index (χ1n) is 14.4. The van der Waals surface area contributed by atoms with E-state index in [0.717, 1.165) is 0 Å². The van der Waals surface area contributed by atoms with Crippen molar-refractivity contribution in [2.24, 2.45) is 10.8 Å². The topological polar surface area (TPSA) is 87.7 Å². The molecule has 2 atom stereocenters. The minimum Gasteiger partial charge on any atom is -0.445 e. The summed E-state index contributed by atoms with van der Waals surface area (Å²) in [4.78, 5) is 40.4. The molecule has 0 bridgehead atoms. The first-order valence-corrected chi connectivity index (χ1v) is 14.4. The number of nitrogens with zero attached hydrogens (tertiary/aromatic N) is 1. The Morgan fingerprint density at radius 1 is 0.667 bits per heavy atom. The van der Waals surface area contributed by atoms with Crippen LogP contribution >= 0.6 is 0 Å². The maximum Gasteiger partial charge on any atom is 0.409 e. The molecule has 0 saturated heterocycles. The summed E-state index contributed by atoms with van der Waals surface area (Å²) in [5.74, 6) is 0.350. The Morgan fingerprint density at radius 2 is 1.08 bits per heavy atom. The molecule has 0 fully saturated rings. The summed E-state index contributed by atoms with van der Waals surface area (Å²) >= 11 is 0. The van der Waals surface area contributed by atoms with Gasteiger partial charge in [0.25, 0.3) is 0 Å². The van der Waals surface area contributed by atoms with Gasteiger partial charge in [-0.1, -0.05) is 53.7 Å². The lowest BCUT2D eigenvalue weighted by Gasteiger charge is -2.40. The van der Waals surface area contributed by atoms with Crippen LogP contribution < -0.4 is 10.6 Å². The molecular weight excluding hydrogens is 490 g/mol. The van der Waals surface area contributed by atoms with Gasteiger partial charge in [0.1, 0.15) is 6.61 Å². The molecule has 0 heterocycles. The van der Waals surface area contributed by atoms with Gasteiger partial charge in [0.2, 0.25) is 0 Å². The molecule has 0 aromatic heterocycles. The first kappa shape index (κ1) is 37.3. The molecule has 0 aromatic carbocycles. The average Bonchev–Trinajstić information content (AvgIpc) is 2.70. The molecule has 0 radical (unpaired) electrons. The van der Waals surface area contributed by atoms with Crippen LogP contribution in [0.3, 0.4) is 0 Å². The van der Waals surface area contributed by atoms with E-state index in [2.05, 4.69) is 52.2 Å². The Balaban J connectivity index is 4.90. The van der Waals surface area contributed by atoms with Gasteiger partial charge in [-0.15, -0.1) is 0 Å². The summed E-state index contributed by atoms with van der Waals surface area (Å²) in [6, 6.07) is 0. The highest BCUT2D eigenvalue weighted by molar-refractivity contribution is 5.93. The van der Waals surface area contributed by atoms with E-state index in [1.165, 1.54) is 0 Å². The van der Waals surface area contributed by atoms with E-state index >= 15 is 0 Å². The van der Waals surface area contributed by atoms with E-state index in [9.17, 15) is 14.4 Å². The van der Waals surface area contributed by atoms with Crippen molar-refractivity contribution in [3.63, 3.8) is 0 Å². The van der Waals surface area contributed by atoms with Crippen molar-refractivity contribution in [3.8, 4) is 0 Å². The molecule has 1 amide bonds. The van der Waals surface area contributed by atoms with Crippen LogP contribution in [0.5, 0.6) is 0 Å². The largest absolute Gasteiger partial charge is 0.445 e. The second kappa shape index (κ2) is 13.8. The molecule has 0 rings (SSSR count). The van der Waals surface area contributed by atoms with Gasteiger partial charge in [-0.3, -0.25) is 9.59 Å². The highest BCUT2D eigenvalue weighted by atomic mass is 16.6. The predicted octanol–water partition coefficient (Wildman–Crippen LogP) is 6.70. The first-order chi connectivity index (χ1) is 17.2. The van der Waals surface area contributed by atoms with Crippen LogP contribution in [0.15, 0.2) is 12.2 Å². The molecule has 0 aromatic rings. The number of ketones is 2. The zero-order chi connectivity index (χ0) is 31.1. The van der Waals surface area contributed by atoms with Crippen molar-refractivity contribution in [2.45, 2.75) is 145 Å². The monoisotopic (exact) mass is 551 g/mol. The third kappa shape index (κ3) is 13.9. The number of hydrogen-bond donors (Lipinski definition) is 2. The standard InChI is InChI=1S/C32H61N3O4/c1-27(2,3)24(36)31(13,33-29(7,8)9)20-17-16-18-23-39-26(38)35(15)22-19-21-32(14,34-30(10,11)12)25(37)28(4,5)6/h16,18,33-34H,17,19-23H2,1-15H3/b18-16+/t31-,32+/m1/s1. The van der Waals surface area contributed by atoms with Crippen molar-refractivity contribution >= 4 is 17.7 Å². The fourth-order valence-corrected chi connectivity index (χ4v) is 5.32. The lowest BCUT2D eigenvalue weighted by atomic mass is 9.75. The molecule has 7 nitrogen and oxygen atoms in total. The normalized spacial score (nSPS) is 16.5. The van der Waals surface area contributed by atoms with Crippen LogP contribution in [0.25, 0.3) is 0 Å². The highest BCUT2D eigenvalue weighted by Crippen LogP contribution is 2.30. The lowest BCUT2D eigenvalue weighted by molar-refractivity contribution is -0.134. The number of allylic oxidation sites excluding steroid dienone is 1. The minimum absolute atomic E-state index is 0.165. The summed E-state index contributed by atoms with van der Waals surface area (Å²) < 4.78 is 5.42. The molecule has 228 valence electrons. The summed E-state index contributed by atoms with van der Waals surface area (Å²) in [5, 5.41) is 7.03. The van der Waals surface area contributed by atoms with Gasteiger partial charge >= 0.3 is 6.09 Å². The summed E-state index contributed by atoms with van der Waals surface area (Å²) in [6.45, 7) is 28.7. The summed E-state index contributed by atoms with van der Waals surface area (Å²) in [7, 11) is 1.72.